The second-order valence-electron chi connectivity index (χ2n) is 6.31. The molecule has 3 unspecified atom stereocenters. The van der Waals surface area contributed by atoms with E-state index in [4.69, 9.17) is 4.74 Å². The summed E-state index contributed by atoms with van der Waals surface area (Å²) in [5.41, 5.74) is 2.14. The molecule has 0 radical (unpaired) electrons. The topological polar surface area (TPSA) is 46.6 Å². The van der Waals surface area contributed by atoms with Crippen molar-refractivity contribution >= 4 is 12.2 Å². The van der Waals surface area contributed by atoms with Gasteiger partial charge in [-0.25, -0.2) is 0 Å². The van der Waals surface area contributed by atoms with Crippen LogP contribution in [0.2, 0.25) is 0 Å². The predicted molar refractivity (Wildman–Crippen MR) is 95.9 cm³/mol. The molecular formula is C21H23NO3. The molecule has 0 N–H and O–H groups in total. The van der Waals surface area contributed by atoms with Crippen LogP contribution in [0.25, 0.3) is 0 Å². The number of hydrogen-bond donors (Lipinski definition) is 0. The number of hydrogen-bond acceptors (Lipinski definition) is 3. The Hall–Kier alpha value is -2.46. The molecule has 4 nitrogen and oxygen atoms in total. The molecule has 4 heteroatoms. The van der Waals surface area contributed by atoms with Gasteiger partial charge in [0.25, 0.3) is 0 Å². The van der Waals surface area contributed by atoms with Crippen LogP contribution in [-0.2, 0) is 14.3 Å². The minimum atomic E-state index is -0.800. The maximum absolute atomic E-state index is 13.0. The van der Waals surface area contributed by atoms with Crippen molar-refractivity contribution < 1.29 is 14.3 Å². The highest BCUT2D eigenvalue weighted by Gasteiger charge is 2.39. The van der Waals surface area contributed by atoms with Crippen molar-refractivity contribution in [2.75, 3.05) is 6.61 Å². The third-order valence-electron chi connectivity index (χ3n) is 4.81. The molecular weight excluding hydrogens is 314 g/mol. The highest BCUT2D eigenvalue weighted by molar-refractivity contribution is 5.81. The van der Waals surface area contributed by atoms with E-state index < -0.39 is 6.23 Å². The van der Waals surface area contributed by atoms with Crippen LogP contribution in [0.15, 0.2) is 60.7 Å². The molecule has 0 aliphatic carbocycles. The standard InChI is InChI=1S/C21H23NO3/c1-2-16(17-9-5-3-6-10-17)13-20(24)22-19(15-25-21(22)14-23)18-11-7-4-8-12-18/h3-12,14,16,19,21H,2,13,15H2,1H3. The van der Waals surface area contributed by atoms with Crippen LogP contribution in [0.4, 0.5) is 0 Å². The van der Waals surface area contributed by atoms with Crippen molar-refractivity contribution in [2.24, 2.45) is 0 Å². The fourth-order valence-electron chi connectivity index (χ4n) is 3.42. The summed E-state index contributed by atoms with van der Waals surface area (Å²) in [5, 5.41) is 0. The molecule has 1 fully saturated rings. The Balaban J connectivity index is 1.81. The van der Waals surface area contributed by atoms with Crippen molar-refractivity contribution in [3.63, 3.8) is 0 Å². The first-order chi connectivity index (χ1) is 12.2. The molecule has 1 heterocycles. The Labute approximate surface area is 148 Å². The van der Waals surface area contributed by atoms with Crippen molar-refractivity contribution in [1.29, 1.82) is 0 Å². The van der Waals surface area contributed by atoms with E-state index in [-0.39, 0.29) is 17.9 Å². The van der Waals surface area contributed by atoms with Crippen LogP contribution in [0.3, 0.4) is 0 Å². The minimum absolute atomic E-state index is 0.0424. The second-order valence-corrected chi connectivity index (χ2v) is 6.31. The second kappa shape index (κ2) is 8.08. The SMILES string of the molecule is CCC(CC(=O)N1C(C=O)OCC1c1ccccc1)c1ccccc1. The van der Waals surface area contributed by atoms with Gasteiger partial charge in [0.1, 0.15) is 0 Å². The summed E-state index contributed by atoms with van der Waals surface area (Å²) in [6, 6.07) is 19.6. The average Bonchev–Trinajstić information content (AvgIpc) is 3.11. The molecule has 3 atom stereocenters. The van der Waals surface area contributed by atoms with E-state index in [0.717, 1.165) is 17.5 Å². The Morgan fingerprint density at radius 2 is 1.80 bits per heavy atom. The maximum atomic E-state index is 13.0. The number of carbonyl (C=O) groups is 2. The summed E-state index contributed by atoms with van der Waals surface area (Å²) in [7, 11) is 0. The number of carbonyl (C=O) groups excluding carboxylic acids is 2. The number of ether oxygens (including phenoxy) is 1. The lowest BCUT2D eigenvalue weighted by Crippen LogP contribution is -2.39. The molecule has 1 aliphatic heterocycles. The van der Waals surface area contributed by atoms with E-state index >= 15 is 0 Å². The molecule has 2 aromatic rings. The van der Waals surface area contributed by atoms with Crippen molar-refractivity contribution in [2.45, 2.75) is 38.0 Å². The summed E-state index contributed by atoms with van der Waals surface area (Å²) in [5.74, 6) is 0.0946. The highest BCUT2D eigenvalue weighted by atomic mass is 16.5. The molecule has 2 aromatic carbocycles. The highest BCUT2D eigenvalue weighted by Crippen LogP contribution is 2.33. The first-order valence-electron chi connectivity index (χ1n) is 8.72. The minimum Gasteiger partial charge on any atom is -0.349 e. The number of aldehydes is 1. The van der Waals surface area contributed by atoms with Gasteiger partial charge in [-0.2, -0.15) is 0 Å². The zero-order valence-corrected chi connectivity index (χ0v) is 14.4. The normalized spacial score (nSPS) is 21.1. The molecule has 130 valence electrons. The summed E-state index contributed by atoms with van der Waals surface area (Å²) in [6.07, 6.45) is 1.15. The largest absolute Gasteiger partial charge is 0.349 e. The zero-order chi connectivity index (χ0) is 17.6. The van der Waals surface area contributed by atoms with E-state index in [1.165, 1.54) is 0 Å². The predicted octanol–water partition coefficient (Wildman–Crippen LogP) is 3.70. The zero-order valence-electron chi connectivity index (χ0n) is 14.4. The van der Waals surface area contributed by atoms with Gasteiger partial charge in [-0.15, -0.1) is 0 Å². The smallest absolute Gasteiger partial charge is 0.226 e. The average molecular weight is 337 g/mol. The van der Waals surface area contributed by atoms with E-state index in [2.05, 4.69) is 6.92 Å². The van der Waals surface area contributed by atoms with Gasteiger partial charge in [-0.3, -0.25) is 9.59 Å². The van der Waals surface area contributed by atoms with Crippen LogP contribution in [0.1, 0.15) is 42.9 Å². The maximum Gasteiger partial charge on any atom is 0.226 e. The van der Waals surface area contributed by atoms with Gasteiger partial charge >= 0.3 is 0 Å². The molecule has 1 amide bonds. The van der Waals surface area contributed by atoms with E-state index in [1.807, 2.05) is 60.7 Å². The fourth-order valence-corrected chi connectivity index (χ4v) is 3.42. The molecule has 3 rings (SSSR count). The Morgan fingerprint density at radius 1 is 1.16 bits per heavy atom. The molecule has 0 spiro atoms. The van der Waals surface area contributed by atoms with Gasteiger partial charge in [0.2, 0.25) is 5.91 Å². The van der Waals surface area contributed by atoms with E-state index in [1.54, 1.807) is 4.90 Å². The quantitative estimate of drug-likeness (QED) is 0.755. The Bertz CT molecular complexity index is 702. The number of amides is 1. The van der Waals surface area contributed by atoms with Crippen LogP contribution in [-0.4, -0.2) is 29.9 Å². The summed E-state index contributed by atoms with van der Waals surface area (Å²) >= 11 is 0. The number of nitrogens with zero attached hydrogens (tertiary/aromatic N) is 1. The van der Waals surface area contributed by atoms with Crippen LogP contribution in [0, 0.1) is 0 Å². The van der Waals surface area contributed by atoms with Crippen LogP contribution < -0.4 is 0 Å². The van der Waals surface area contributed by atoms with Gasteiger partial charge in [0.15, 0.2) is 12.5 Å². The van der Waals surface area contributed by atoms with E-state index in [9.17, 15) is 9.59 Å². The lowest BCUT2D eigenvalue weighted by atomic mass is 9.92. The Morgan fingerprint density at radius 3 is 2.40 bits per heavy atom. The molecule has 0 saturated carbocycles. The third-order valence-corrected chi connectivity index (χ3v) is 4.81. The van der Waals surface area contributed by atoms with Crippen molar-refractivity contribution in [3.05, 3.63) is 71.8 Å². The summed E-state index contributed by atoms with van der Waals surface area (Å²) in [6.45, 7) is 2.43. The molecule has 0 bridgehead atoms. The van der Waals surface area contributed by atoms with Gasteiger partial charge < -0.3 is 9.64 Å². The third kappa shape index (κ3) is 3.80. The molecule has 0 aromatic heterocycles. The van der Waals surface area contributed by atoms with Crippen molar-refractivity contribution in [3.8, 4) is 0 Å². The van der Waals surface area contributed by atoms with Crippen LogP contribution in [0.5, 0.6) is 0 Å². The number of benzene rings is 2. The molecule has 1 saturated heterocycles. The monoisotopic (exact) mass is 337 g/mol. The lowest BCUT2D eigenvalue weighted by molar-refractivity contribution is -0.142. The van der Waals surface area contributed by atoms with Gasteiger partial charge in [0, 0.05) is 6.42 Å². The Kier molecular flexibility index (Phi) is 5.61. The van der Waals surface area contributed by atoms with Gasteiger partial charge in [-0.05, 0) is 23.5 Å². The summed E-state index contributed by atoms with van der Waals surface area (Å²) < 4.78 is 5.56. The summed E-state index contributed by atoms with van der Waals surface area (Å²) in [4.78, 5) is 26.0. The van der Waals surface area contributed by atoms with Crippen molar-refractivity contribution in [1.82, 2.24) is 4.90 Å². The number of rotatable bonds is 6. The van der Waals surface area contributed by atoms with Crippen LogP contribution >= 0.6 is 0 Å². The lowest BCUT2D eigenvalue weighted by Gasteiger charge is -2.28. The van der Waals surface area contributed by atoms with Gasteiger partial charge in [-0.1, -0.05) is 67.6 Å². The van der Waals surface area contributed by atoms with Gasteiger partial charge in [0.05, 0.1) is 12.6 Å². The van der Waals surface area contributed by atoms with E-state index in [0.29, 0.717) is 19.3 Å². The molecule has 25 heavy (non-hydrogen) atoms. The first-order valence-corrected chi connectivity index (χ1v) is 8.72. The fraction of sp³-hybridized carbons (Fsp3) is 0.333. The molecule has 1 aliphatic rings. The first kappa shape index (κ1) is 17.4.